The topological polar surface area (TPSA) is 68.2 Å². The van der Waals surface area contributed by atoms with Crippen LogP contribution in [0.3, 0.4) is 0 Å². The van der Waals surface area contributed by atoms with Gasteiger partial charge < -0.3 is 4.74 Å². The first-order valence-corrected chi connectivity index (χ1v) is 7.16. The standard InChI is InChI=1S/C13H14N4O2S/c1-17(12(18)10-4-7-19-8-10)13-16-15-11(20-13)9-2-5-14-6-3-9/h2-3,5-6,10H,4,7-8H2,1H3/t10-/m1/s1. The second-order valence-electron chi connectivity index (χ2n) is 4.58. The van der Waals surface area contributed by atoms with Crippen molar-refractivity contribution < 1.29 is 9.53 Å². The molecule has 0 bridgehead atoms. The zero-order valence-corrected chi connectivity index (χ0v) is 11.8. The van der Waals surface area contributed by atoms with Crippen LogP contribution >= 0.6 is 11.3 Å². The lowest BCUT2D eigenvalue weighted by Crippen LogP contribution is -2.33. The van der Waals surface area contributed by atoms with Crippen molar-refractivity contribution in [3.63, 3.8) is 0 Å². The molecule has 3 heterocycles. The van der Waals surface area contributed by atoms with Gasteiger partial charge in [0.15, 0.2) is 0 Å². The van der Waals surface area contributed by atoms with Gasteiger partial charge in [-0.2, -0.15) is 0 Å². The molecule has 7 heteroatoms. The summed E-state index contributed by atoms with van der Waals surface area (Å²) in [5, 5.41) is 9.62. The van der Waals surface area contributed by atoms with Gasteiger partial charge in [-0.05, 0) is 18.6 Å². The van der Waals surface area contributed by atoms with Crippen LogP contribution in [0.4, 0.5) is 5.13 Å². The van der Waals surface area contributed by atoms with E-state index in [0.29, 0.717) is 18.3 Å². The second-order valence-corrected chi connectivity index (χ2v) is 5.54. The molecule has 0 radical (unpaired) electrons. The summed E-state index contributed by atoms with van der Waals surface area (Å²) >= 11 is 1.40. The Hall–Kier alpha value is -1.86. The van der Waals surface area contributed by atoms with Crippen LogP contribution in [-0.2, 0) is 9.53 Å². The predicted octanol–water partition coefficient (Wildman–Crippen LogP) is 1.60. The quantitative estimate of drug-likeness (QED) is 0.859. The van der Waals surface area contributed by atoms with E-state index < -0.39 is 0 Å². The molecule has 0 aromatic carbocycles. The largest absolute Gasteiger partial charge is 0.381 e. The molecule has 6 nitrogen and oxygen atoms in total. The maximum Gasteiger partial charge on any atom is 0.234 e. The van der Waals surface area contributed by atoms with Gasteiger partial charge in [-0.15, -0.1) is 10.2 Å². The summed E-state index contributed by atoms with van der Waals surface area (Å²) in [6, 6.07) is 3.74. The highest BCUT2D eigenvalue weighted by molar-refractivity contribution is 7.18. The minimum Gasteiger partial charge on any atom is -0.381 e. The van der Waals surface area contributed by atoms with Crippen LogP contribution in [-0.4, -0.2) is 41.3 Å². The first-order valence-electron chi connectivity index (χ1n) is 6.35. The van der Waals surface area contributed by atoms with Crippen LogP contribution < -0.4 is 4.90 Å². The van der Waals surface area contributed by atoms with Crippen molar-refractivity contribution in [1.82, 2.24) is 15.2 Å². The van der Waals surface area contributed by atoms with E-state index in [9.17, 15) is 4.79 Å². The number of aromatic nitrogens is 3. The molecule has 104 valence electrons. The van der Waals surface area contributed by atoms with Gasteiger partial charge in [0, 0.05) is 31.6 Å². The molecule has 20 heavy (non-hydrogen) atoms. The highest BCUT2D eigenvalue weighted by Gasteiger charge is 2.28. The average Bonchev–Trinajstić information content (AvgIpc) is 3.18. The third-order valence-electron chi connectivity index (χ3n) is 3.24. The lowest BCUT2D eigenvalue weighted by atomic mass is 10.1. The molecule has 1 amide bonds. The number of hydrogen-bond donors (Lipinski definition) is 0. The Bertz CT molecular complexity index is 595. The molecule has 0 spiro atoms. The molecule has 1 aliphatic rings. The van der Waals surface area contributed by atoms with E-state index in [2.05, 4.69) is 15.2 Å². The van der Waals surface area contributed by atoms with E-state index in [1.807, 2.05) is 12.1 Å². The number of hydrogen-bond acceptors (Lipinski definition) is 6. The van der Waals surface area contributed by atoms with Crippen molar-refractivity contribution in [2.75, 3.05) is 25.2 Å². The minimum absolute atomic E-state index is 0.0416. The van der Waals surface area contributed by atoms with Crippen LogP contribution in [0.2, 0.25) is 0 Å². The maximum atomic E-state index is 12.3. The van der Waals surface area contributed by atoms with Gasteiger partial charge in [0.1, 0.15) is 5.01 Å². The van der Waals surface area contributed by atoms with Crippen molar-refractivity contribution in [2.24, 2.45) is 5.92 Å². The lowest BCUT2D eigenvalue weighted by molar-refractivity contribution is -0.122. The Balaban J connectivity index is 1.77. The molecule has 0 unspecified atom stereocenters. The summed E-state index contributed by atoms with van der Waals surface area (Å²) in [4.78, 5) is 17.8. The smallest absolute Gasteiger partial charge is 0.234 e. The highest BCUT2D eigenvalue weighted by Crippen LogP contribution is 2.29. The van der Waals surface area contributed by atoms with E-state index in [1.54, 1.807) is 24.3 Å². The number of rotatable bonds is 3. The number of pyridine rings is 1. The van der Waals surface area contributed by atoms with Crippen molar-refractivity contribution in [3.8, 4) is 10.6 Å². The fourth-order valence-electron chi connectivity index (χ4n) is 2.06. The van der Waals surface area contributed by atoms with Crippen LogP contribution in [0.15, 0.2) is 24.5 Å². The van der Waals surface area contributed by atoms with Crippen LogP contribution in [0.25, 0.3) is 10.6 Å². The fourth-order valence-corrected chi connectivity index (χ4v) is 2.88. The molecule has 1 atom stereocenters. The Morgan fingerprint density at radius 3 is 2.90 bits per heavy atom. The normalized spacial score (nSPS) is 18.1. The molecule has 3 rings (SSSR count). The Kier molecular flexibility index (Phi) is 3.70. The van der Waals surface area contributed by atoms with E-state index in [1.165, 1.54) is 11.3 Å². The summed E-state index contributed by atoms with van der Waals surface area (Å²) in [7, 11) is 1.73. The number of nitrogens with zero attached hydrogens (tertiary/aromatic N) is 4. The molecule has 2 aromatic heterocycles. The Labute approximate surface area is 120 Å². The Morgan fingerprint density at radius 2 is 2.20 bits per heavy atom. The number of ether oxygens (including phenoxy) is 1. The zero-order valence-electron chi connectivity index (χ0n) is 11.0. The molecule has 1 aliphatic heterocycles. The number of carbonyl (C=O) groups is 1. The van der Waals surface area contributed by atoms with Crippen LogP contribution in [0.1, 0.15) is 6.42 Å². The second kappa shape index (κ2) is 5.64. The SMILES string of the molecule is CN(C(=O)[C@@H]1CCOC1)c1nnc(-c2ccncc2)s1. The van der Waals surface area contributed by atoms with E-state index in [-0.39, 0.29) is 11.8 Å². The van der Waals surface area contributed by atoms with Crippen LogP contribution in [0.5, 0.6) is 0 Å². The van der Waals surface area contributed by atoms with E-state index >= 15 is 0 Å². The first-order chi connectivity index (χ1) is 9.75. The summed E-state index contributed by atoms with van der Waals surface area (Å²) in [6.07, 6.45) is 4.20. The zero-order chi connectivity index (χ0) is 13.9. The first kappa shape index (κ1) is 13.1. The number of anilines is 1. The number of amides is 1. The minimum atomic E-state index is -0.0618. The molecule has 2 aromatic rings. The third kappa shape index (κ3) is 2.54. The molecule has 0 N–H and O–H groups in total. The van der Waals surface area contributed by atoms with Crippen molar-refractivity contribution >= 4 is 22.4 Å². The molecular formula is C13H14N4O2S. The lowest BCUT2D eigenvalue weighted by Gasteiger charge is -2.16. The fraction of sp³-hybridized carbons (Fsp3) is 0.385. The highest BCUT2D eigenvalue weighted by atomic mass is 32.1. The van der Waals surface area contributed by atoms with Gasteiger partial charge >= 0.3 is 0 Å². The molecule has 1 saturated heterocycles. The molecule has 1 fully saturated rings. The third-order valence-corrected chi connectivity index (χ3v) is 4.29. The summed E-state index contributed by atoms with van der Waals surface area (Å²) in [6.45, 7) is 1.15. The molecular weight excluding hydrogens is 276 g/mol. The van der Waals surface area contributed by atoms with Crippen LogP contribution in [0, 0.1) is 5.92 Å². The van der Waals surface area contributed by atoms with Gasteiger partial charge in [-0.25, -0.2) is 0 Å². The average molecular weight is 290 g/mol. The molecule has 0 saturated carbocycles. The molecule has 0 aliphatic carbocycles. The van der Waals surface area contributed by atoms with Gasteiger partial charge in [0.25, 0.3) is 0 Å². The van der Waals surface area contributed by atoms with E-state index in [0.717, 1.165) is 17.0 Å². The van der Waals surface area contributed by atoms with Gasteiger partial charge in [-0.1, -0.05) is 11.3 Å². The summed E-state index contributed by atoms with van der Waals surface area (Å²) < 4.78 is 5.25. The monoisotopic (exact) mass is 290 g/mol. The number of carbonyl (C=O) groups excluding carboxylic acids is 1. The van der Waals surface area contributed by atoms with Crippen molar-refractivity contribution in [2.45, 2.75) is 6.42 Å². The predicted molar refractivity (Wildman–Crippen MR) is 75.5 cm³/mol. The summed E-state index contributed by atoms with van der Waals surface area (Å²) in [5.41, 5.74) is 0.953. The van der Waals surface area contributed by atoms with Crippen molar-refractivity contribution in [1.29, 1.82) is 0 Å². The summed E-state index contributed by atoms with van der Waals surface area (Å²) in [5.74, 6) is -0.0202. The Morgan fingerprint density at radius 1 is 1.40 bits per heavy atom. The van der Waals surface area contributed by atoms with Gasteiger partial charge in [-0.3, -0.25) is 14.7 Å². The maximum absolute atomic E-state index is 12.3. The van der Waals surface area contributed by atoms with Crippen molar-refractivity contribution in [3.05, 3.63) is 24.5 Å². The van der Waals surface area contributed by atoms with Gasteiger partial charge in [0.2, 0.25) is 11.0 Å². The van der Waals surface area contributed by atoms with E-state index in [4.69, 9.17) is 4.74 Å². The van der Waals surface area contributed by atoms with Gasteiger partial charge in [0.05, 0.1) is 12.5 Å².